The molecule has 1 atom stereocenters. The Hall–Kier alpha value is -1.04. The molecule has 106 valence electrons. The highest BCUT2D eigenvalue weighted by atomic mass is 14.1. The van der Waals surface area contributed by atoms with E-state index < -0.39 is 0 Å². The van der Waals surface area contributed by atoms with Gasteiger partial charge in [-0.15, -0.1) is 0 Å². The first-order valence-electron chi connectivity index (χ1n) is 7.75. The molecule has 0 bridgehead atoms. The van der Waals surface area contributed by atoms with E-state index in [0.717, 1.165) is 11.8 Å². The summed E-state index contributed by atoms with van der Waals surface area (Å²) < 4.78 is 0. The summed E-state index contributed by atoms with van der Waals surface area (Å²) in [6, 6.07) is 6.73. The molecule has 0 amide bonds. The van der Waals surface area contributed by atoms with Gasteiger partial charge in [0.05, 0.1) is 0 Å². The van der Waals surface area contributed by atoms with Crippen LogP contribution in [0.25, 0.3) is 6.08 Å². The molecule has 19 heavy (non-hydrogen) atoms. The summed E-state index contributed by atoms with van der Waals surface area (Å²) in [6.45, 7) is 13.1. The van der Waals surface area contributed by atoms with Crippen LogP contribution in [0.4, 0.5) is 0 Å². The van der Waals surface area contributed by atoms with E-state index in [1.54, 1.807) is 0 Å². The Morgan fingerprint density at radius 3 is 2.47 bits per heavy atom. The average molecular weight is 258 g/mol. The lowest BCUT2D eigenvalue weighted by Gasteiger charge is -2.13. The van der Waals surface area contributed by atoms with Crippen molar-refractivity contribution in [2.75, 3.05) is 0 Å². The minimum Gasteiger partial charge on any atom is -0.0985 e. The first-order chi connectivity index (χ1) is 9.02. The second-order valence-electron chi connectivity index (χ2n) is 6.37. The fourth-order valence-electron chi connectivity index (χ4n) is 2.55. The summed E-state index contributed by atoms with van der Waals surface area (Å²) in [5.41, 5.74) is 4.09. The van der Waals surface area contributed by atoms with Crippen molar-refractivity contribution in [2.24, 2.45) is 11.8 Å². The van der Waals surface area contributed by atoms with Gasteiger partial charge in [0.15, 0.2) is 0 Å². The molecule has 0 nitrogen and oxygen atoms in total. The maximum Gasteiger partial charge on any atom is -0.0228 e. The van der Waals surface area contributed by atoms with Gasteiger partial charge < -0.3 is 0 Å². The van der Waals surface area contributed by atoms with Crippen LogP contribution in [0.5, 0.6) is 0 Å². The van der Waals surface area contributed by atoms with Crippen molar-refractivity contribution in [3.05, 3.63) is 41.5 Å². The lowest BCUT2D eigenvalue weighted by Crippen LogP contribution is -2.00. The topological polar surface area (TPSA) is 0 Å². The molecule has 0 aliphatic heterocycles. The fraction of sp³-hybridized carbons (Fsp3) is 0.579. The van der Waals surface area contributed by atoms with Crippen molar-refractivity contribution in [1.29, 1.82) is 0 Å². The van der Waals surface area contributed by atoms with Crippen LogP contribution in [-0.2, 0) is 6.42 Å². The highest BCUT2D eigenvalue weighted by Gasteiger charge is 2.06. The van der Waals surface area contributed by atoms with E-state index in [1.165, 1.54) is 48.8 Å². The summed E-state index contributed by atoms with van der Waals surface area (Å²) in [5, 5.41) is 0. The zero-order chi connectivity index (χ0) is 14.3. The monoisotopic (exact) mass is 258 g/mol. The first kappa shape index (κ1) is 16.0. The molecule has 0 radical (unpaired) electrons. The summed E-state index contributed by atoms with van der Waals surface area (Å²) in [4.78, 5) is 0. The van der Waals surface area contributed by atoms with Crippen LogP contribution in [0.1, 0.15) is 63.1 Å². The van der Waals surface area contributed by atoms with Gasteiger partial charge in [0, 0.05) is 0 Å². The van der Waals surface area contributed by atoms with E-state index in [-0.39, 0.29) is 0 Å². The van der Waals surface area contributed by atoms with Gasteiger partial charge in [-0.1, -0.05) is 76.5 Å². The van der Waals surface area contributed by atoms with Gasteiger partial charge in [-0.2, -0.15) is 0 Å². The van der Waals surface area contributed by atoms with Crippen LogP contribution in [0.2, 0.25) is 0 Å². The number of hydrogen-bond acceptors (Lipinski definition) is 0. The van der Waals surface area contributed by atoms with E-state index in [2.05, 4.69) is 52.5 Å². The van der Waals surface area contributed by atoms with Gasteiger partial charge in [0.2, 0.25) is 0 Å². The molecule has 0 aliphatic carbocycles. The van der Waals surface area contributed by atoms with Crippen LogP contribution in [0.15, 0.2) is 24.8 Å². The minimum absolute atomic E-state index is 0.831. The summed E-state index contributed by atoms with van der Waals surface area (Å²) in [7, 11) is 0. The third kappa shape index (κ3) is 6.09. The minimum atomic E-state index is 0.831. The fourth-order valence-corrected chi connectivity index (χ4v) is 2.55. The molecule has 0 N–H and O–H groups in total. The predicted octanol–water partition coefficient (Wildman–Crippen LogP) is 6.03. The standard InChI is InChI=1S/C19H30/c1-6-18-14-17(5)11-13-19(18)12-10-16(4)9-7-8-15(2)3/h6,11,13-16H,1,7-10,12H2,2-5H3. The Labute approximate surface area is 119 Å². The molecule has 1 rings (SSSR count). The molecule has 0 spiro atoms. The summed E-state index contributed by atoms with van der Waals surface area (Å²) in [6.07, 6.45) is 8.58. The van der Waals surface area contributed by atoms with Crippen molar-refractivity contribution in [2.45, 2.75) is 59.8 Å². The Bertz CT molecular complexity index is 387. The van der Waals surface area contributed by atoms with Crippen LogP contribution in [0.3, 0.4) is 0 Å². The number of benzene rings is 1. The number of hydrogen-bond donors (Lipinski definition) is 0. The van der Waals surface area contributed by atoms with E-state index in [1.807, 2.05) is 6.08 Å². The van der Waals surface area contributed by atoms with E-state index in [9.17, 15) is 0 Å². The first-order valence-corrected chi connectivity index (χ1v) is 7.75. The zero-order valence-electron chi connectivity index (χ0n) is 13.2. The lowest BCUT2D eigenvalue weighted by molar-refractivity contribution is 0.437. The number of aryl methyl sites for hydroxylation is 2. The summed E-state index contributed by atoms with van der Waals surface area (Å²) in [5.74, 6) is 1.68. The lowest BCUT2D eigenvalue weighted by atomic mass is 9.92. The molecule has 1 aromatic carbocycles. The highest BCUT2D eigenvalue weighted by Crippen LogP contribution is 2.20. The Kier molecular flexibility index (Phi) is 6.91. The molecule has 0 saturated heterocycles. The Balaban J connectivity index is 2.41. The van der Waals surface area contributed by atoms with Gasteiger partial charge in [0.1, 0.15) is 0 Å². The highest BCUT2D eigenvalue weighted by molar-refractivity contribution is 5.53. The average Bonchev–Trinajstić information content (AvgIpc) is 2.36. The van der Waals surface area contributed by atoms with E-state index in [0.29, 0.717) is 0 Å². The SMILES string of the molecule is C=Cc1cc(C)ccc1CCC(C)CCCC(C)C. The Morgan fingerprint density at radius 1 is 1.11 bits per heavy atom. The molecular weight excluding hydrogens is 228 g/mol. The number of rotatable bonds is 8. The second-order valence-corrected chi connectivity index (χ2v) is 6.37. The smallest absolute Gasteiger partial charge is 0.0228 e. The molecule has 0 heteroatoms. The molecule has 0 fully saturated rings. The van der Waals surface area contributed by atoms with Crippen LogP contribution in [-0.4, -0.2) is 0 Å². The van der Waals surface area contributed by atoms with Crippen LogP contribution in [0, 0.1) is 18.8 Å². The maximum atomic E-state index is 3.93. The van der Waals surface area contributed by atoms with Gasteiger partial charge in [-0.3, -0.25) is 0 Å². The maximum absolute atomic E-state index is 3.93. The van der Waals surface area contributed by atoms with Crippen LogP contribution >= 0.6 is 0 Å². The summed E-state index contributed by atoms with van der Waals surface area (Å²) >= 11 is 0. The van der Waals surface area contributed by atoms with E-state index in [4.69, 9.17) is 0 Å². The van der Waals surface area contributed by atoms with Gasteiger partial charge in [-0.05, 0) is 42.7 Å². The molecule has 1 aromatic rings. The Morgan fingerprint density at radius 2 is 1.84 bits per heavy atom. The van der Waals surface area contributed by atoms with Crippen LogP contribution < -0.4 is 0 Å². The molecule has 0 aliphatic rings. The van der Waals surface area contributed by atoms with E-state index >= 15 is 0 Å². The molecule has 1 unspecified atom stereocenters. The molecular formula is C19H30. The van der Waals surface area contributed by atoms with Crippen molar-refractivity contribution in [1.82, 2.24) is 0 Å². The van der Waals surface area contributed by atoms with Crippen molar-refractivity contribution >= 4 is 6.08 Å². The molecule has 0 heterocycles. The normalized spacial score (nSPS) is 12.7. The predicted molar refractivity (Wildman–Crippen MR) is 87.4 cm³/mol. The van der Waals surface area contributed by atoms with Gasteiger partial charge in [0.25, 0.3) is 0 Å². The molecule has 0 aromatic heterocycles. The molecule has 0 saturated carbocycles. The zero-order valence-corrected chi connectivity index (χ0v) is 13.2. The quantitative estimate of drug-likeness (QED) is 0.534. The van der Waals surface area contributed by atoms with Gasteiger partial charge in [-0.25, -0.2) is 0 Å². The third-order valence-corrected chi connectivity index (χ3v) is 3.91. The third-order valence-electron chi connectivity index (χ3n) is 3.91. The van der Waals surface area contributed by atoms with Crippen molar-refractivity contribution in [3.8, 4) is 0 Å². The van der Waals surface area contributed by atoms with Crippen molar-refractivity contribution in [3.63, 3.8) is 0 Å². The van der Waals surface area contributed by atoms with Gasteiger partial charge >= 0.3 is 0 Å². The second kappa shape index (κ2) is 8.19. The van der Waals surface area contributed by atoms with Crippen molar-refractivity contribution < 1.29 is 0 Å². The largest absolute Gasteiger partial charge is 0.0985 e.